The van der Waals surface area contributed by atoms with E-state index in [1.54, 1.807) is 17.0 Å². The van der Waals surface area contributed by atoms with Gasteiger partial charge in [0.15, 0.2) is 0 Å². The van der Waals surface area contributed by atoms with E-state index in [1.165, 1.54) is 23.5 Å². The number of hydrogen-bond acceptors (Lipinski definition) is 5. The highest BCUT2D eigenvalue weighted by Crippen LogP contribution is 2.22. The number of carbonyl (C=O) groups is 1. The third-order valence-corrected chi connectivity index (χ3v) is 7.66. The summed E-state index contributed by atoms with van der Waals surface area (Å²) in [6, 6.07) is 17.6. The summed E-state index contributed by atoms with van der Waals surface area (Å²) in [5.74, 6) is -0.166. The molecule has 2 aromatic carbocycles. The van der Waals surface area contributed by atoms with E-state index in [2.05, 4.69) is 9.62 Å². The lowest BCUT2D eigenvalue weighted by Gasteiger charge is -2.36. The smallest absolute Gasteiger partial charge is 0.254 e. The molecule has 2 heterocycles. The van der Waals surface area contributed by atoms with E-state index < -0.39 is 10.0 Å². The SMILES string of the molecule is O=C(c1cccc(S(=O)(=O)NCc2cccs2)c1)N1CCN(c2cccc(Cl)c2)CC1. The van der Waals surface area contributed by atoms with Crippen LogP contribution in [0, 0.1) is 0 Å². The van der Waals surface area contributed by atoms with Crippen molar-refractivity contribution in [1.82, 2.24) is 9.62 Å². The minimum atomic E-state index is -3.71. The number of benzene rings is 2. The molecule has 9 heteroatoms. The average molecular weight is 476 g/mol. The van der Waals surface area contributed by atoms with Crippen molar-refractivity contribution in [3.8, 4) is 0 Å². The van der Waals surface area contributed by atoms with Gasteiger partial charge in [0.2, 0.25) is 10.0 Å². The fraction of sp³-hybridized carbons (Fsp3) is 0.227. The Morgan fingerprint density at radius 2 is 1.77 bits per heavy atom. The molecule has 162 valence electrons. The third-order valence-electron chi connectivity index (χ3n) is 5.15. The molecule has 0 atom stereocenters. The Hall–Kier alpha value is -2.39. The highest BCUT2D eigenvalue weighted by molar-refractivity contribution is 7.89. The van der Waals surface area contributed by atoms with Crippen molar-refractivity contribution in [3.05, 3.63) is 81.5 Å². The first kappa shape index (κ1) is 21.8. The molecule has 0 unspecified atom stereocenters. The molecule has 1 aromatic heterocycles. The minimum Gasteiger partial charge on any atom is -0.368 e. The molecule has 0 spiro atoms. The minimum absolute atomic E-state index is 0.0902. The molecule has 1 fully saturated rings. The van der Waals surface area contributed by atoms with E-state index in [-0.39, 0.29) is 17.3 Å². The Morgan fingerprint density at radius 3 is 2.48 bits per heavy atom. The number of anilines is 1. The predicted octanol–water partition coefficient (Wildman–Crippen LogP) is 3.84. The molecule has 31 heavy (non-hydrogen) atoms. The summed E-state index contributed by atoms with van der Waals surface area (Å²) in [6.45, 7) is 2.71. The van der Waals surface area contributed by atoms with Crippen LogP contribution in [0.25, 0.3) is 0 Å². The maximum absolute atomic E-state index is 13.0. The molecule has 0 saturated carbocycles. The molecule has 0 radical (unpaired) electrons. The fourth-order valence-corrected chi connectivity index (χ4v) is 5.45. The molecule has 1 saturated heterocycles. The monoisotopic (exact) mass is 475 g/mol. The van der Waals surface area contributed by atoms with Crippen LogP contribution < -0.4 is 9.62 Å². The summed E-state index contributed by atoms with van der Waals surface area (Å²) in [5, 5.41) is 2.58. The van der Waals surface area contributed by atoms with E-state index in [9.17, 15) is 13.2 Å². The van der Waals surface area contributed by atoms with Crippen molar-refractivity contribution in [2.75, 3.05) is 31.1 Å². The summed E-state index contributed by atoms with van der Waals surface area (Å²) in [5.41, 5.74) is 1.40. The average Bonchev–Trinajstić information content (AvgIpc) is 3.31. The van der Waals surface area contributed by atoms with E-state index in [0.29, 0.717) is 36.8 Å². The van der Waals surface area contributed by atoms with Crippen LogP contribution in [-0.2, 0) is 16.6 Å². The van der Waals surface area contributed by atoms with Crippen LogP contribution in [0.3, 0.4) is 0 Å². The zero-order valence-electron chi connectivity index (χ0n) is 16.7. The van der Waals surface area contributed by atoms with Gasteiger partial charge in [-0.1, -0.05) is 29.8 Å². The normalized spacial score (nSPS) is 14.6. The van der Waals surface area contributed by atoms with Gasteiger partial charge in [-0.2, -0.15) is 0 Å². The number of rotatable bonds is 6. The first-order valence-electron chi connectivity index (χ1n) is 9.84. The number of piperazine rings is 1. The van der Waals surface area contributed by atoms with Crippen molar-refractivity contribution in [1.29, 1.82) is 0 Å². The first-order chi connectivity index (χ1) is 14.9. The second kappa shape index (κ2) is 9.40. The first-order valence-corrected chi connectivity index (χ1v) is 12.6. The second-order valence-corrected chi connectivity index (χ2v) is 10.4. The molecule has 4 rings (SSSR count). The molecule has 3 aromatic rings. The van der Waals surface area contributed by atoms with Crippen LogP contribution in [0.4, 0.5) is 5.69 Å². The molecule has 1 amide bonds. The van der Waals surface area contributed by atoms with Crippen molar-refractivity contribution in [2.24, 2.45) is 0 Å². The third kappa shape index (κ3) is 5.27. The number of amides is 1. The molecule has 1 aliphatic heterocycles. The van der Waals surface area contributed by atoms with Gasteiger partial charge in [0.05, 0.1) is 4.90 Å². The van der Waals surface area contributed by atoms with Crippen LogP contribution in [0.1, 0.15) is 15.2 Å². The van der Waals surface area contributed by atoms with Crippen molar-refractivity contribution in [3.63, 3.8) is 0 Å². The molecule has 0 bridgehead atoms. The zero-order chi connectivity index (χ0) is 21.8. The lowest BCUT2D eigenvalue weighted by atomic mass is 10.1. The highest BCUT2D eigenvalue weighted by Gasteiger charge is 2.24. The largest absolute Gasteiger partial charge is 0.368 e. The van der Waals surface area contributed by atoms with E-state index in [1.807, 2.05) is 41.8 Å². The number of hydrogen-bond donors (Lipinski definition) is 1. The summed E-state index contributed by atoms with van der Waals surface area (Å²) >= 11 is 7.57. The molecule has 1 N–H and O–H groups in total. The van der Waals surface area contributed by atoms with Crippen LogP contribution >= 0.6 is 22.9 Å². The van der Waals surface area contributed by atoms with Gasteiger partial charge >= 0.3 is 0 Å². The van der Waals surface area contributed by atoms with Gasteiger partial charge in [0.25, 0.3) is 5.91 Å². The topological polar surface area (TPSA) is 69.7 Å². The van der Waals surface area contributed by atoms with Crippen LogP contribution in [-0.4, -0.2) is 45.4 Å². The lowest BCUT2D eigenvalue weighted by Crippen LogP contribution is -2.48. The molecule has 1 aliphatic rings. The Morgan fingerprint density at radius 1 is 1.00 bits per heavy atom. The Labute approximate surface area is 191 Å². The summed E-state index contributed by atoms with van der Waals surface area (Å²) in [4.78, 5) is 17.9. The van der Waals surface area contributed by atoms with Crippen LogP contribution in [0.5, 0.6) is 0 Å². The van der Waals surface area contributed by atoms with Crippen LogP contribution in [0.2, 0.25) is 5.02 Å². The Bertz CT molecular complexity index is 1160. The Balaban J connectivity index is 1.41. The van der Waals surface area contributed by atoms with Gasteiger partial charge < -0.3 is 9.80 Å². The standard InChI is InChI=1S/C22H22ClN3O3S2/c23-18-5-2-6-19(15-18)25-9-11-26(12-10-25)22(27)17-4-1-8-21(14-17)31(28,29)24-16-20-7-3-13-30-20/h1-8,13-15,24H,9-12,16H2. The van der Waals surface area contributed by atoms with E-state index in [4.69, 9.17) is 11.6 Å². The van der Waals surface area contributed by atoms with E-state index >= 15 is 0 Å². The van der Waals surface area contributed by atoms with Crippen LogP contribution in [0.15, 0.2) is 70.9 Å². The summed E-state index contributed by atoms with van der Waals surface area (Å²) < 4.78 is 27.9. The van der Waals surface area contributed by atoms with E-state index in [0.717, 1.165) is 10.6 Å². The van der Waals surface area contributed by atoms with Crippen molar-refractivity contribution < 1.29 is 13.2 Å². The van der Waals surface area contributed by atoms with Crippen molar-refractivity contribution >= 4 is 44.6 Å². The van der Waals surface area contributed by atoms with Gasteiger partial charge in [-0.3, -0.25) is 4.79 Å². The van der Waals surface area contributed by atoms with Gasteiger partial charge in [-0.05, 0) is 47.8 Å². The zero-order valence-corrected chi connectivity index (χ0v) is 19.1. The molecule has 0 aliphatic carbocycles. The Kier molecular flexibility index (Phi) is 6.62. The van der Waals surface area contributed by atoms with Gasteiger partial charge in [-0.25, -0.2) is 13.1 Å². The van der Waals surface area contributed by atoms with Gasteiger partial charge in [0.1, 0.15) is 0 Å². The number of nitrogens with zero attached hydrogens (tertiary/aromatic N) is 2. The molecule has 6 nitrogen and oxygen atoms in total. The predicted molar refractivity (Wildman–Crippen MR) is 124 cm³/mol. The number of nitrogens with one attached hydrogen (secondary N) is 1. The number of sulfonamides is 1. The highest BCUT2D eigenvalue weighted by atomic mass is 35.5. The second-order valence-electron chi connectivity index (χ2n) is 7.19. The molecular formula is C22H22ClN3O3S2. The van der Waals surface area contributed by atoms with Gasteiger partial charge in [0, 0.05) is 53.9 Å². The maximum Gasteiger partial charge on any atom is 0.254 e. The number of carbonyl (C=O) groups excluding carboxylic acids is 1. The number of thiophene rings is 1. The maximum atomic E-state index is 13.0. The van der Waals surface area contributed by atoms with Gasteiger partial charge in [-0.15, -0.1) is 11.3 Å². The van der Waals surface area contributed by atoms with Crippen molar-refractivity contribution in [2.45, 2.75) is 11.4 Å². The number of halogens is 1. The summed E-state index contributed by atoms with van der Waals surface area (Å²) in [6.07, 6.45) is 0. The lowest BCUT2D eigenvalue weighted by molar-refractivity contribution is 0.0746. The quantitative estimate of drug-likeness (QED) is 0.588. The fourth-order valence-electron chi connectivity index (χ4n) is 3.48. The summed E-state index contributed by atoms with van der Waals surface area (Å²) in [7, 11) is -3.71. The molecular weight excluding hydrogens is 454 g/mol.